The van der Waals surface area contributed by atoms with E-state index in [1.54, 1.807) is 25.1 Å². The fourth-order valence-corrected chi connectivity index (χ4v) is 2.72. The normalized spacial score (nSPS) is 13.1. The van der Waals surface area contributed by atoms with Crippen molar-refractivity contribution in [1.82, 2.24) is 0 Å². The number of carbonyl (C=O) groups is 1. The zero-order chi connectivity index (χ0) is 19.4. The highest BCUT2D eigenvalue weighted by Gasteiger charge is 2.13. The van der Waals surface area contributed by atoms with E-state index in [1.807, 2.05) is 13.8 Å². The second kappa shape index (κ2) is 7.91. The van der Waals surface area contributed by atoms with Gasteiger partial charge in [-0.2, -0.15) is 4.99 Å². The van der Waals surface area contributed by atoms with Crippen LogP contribution in [-0.2, 0) is 0 Å². The first-order valence-electron chi connectivity index (χ1n) is 8.15. The smallest absolute Gasteiger partial charge is 0.280 e. The molecule has 2 aromatic rings. The second-order valence-electron chi connectivity index (χ2n) is 5.96. The van der Waals surface area contributed by atoms with Crippen LogP contribution in [0.25, 0.3) is 11.1 Å². The van der Waals surface area contributed by atoms with Crippen LogP contribution in [0.2, 0.25) is 0 Å². The third-order valence-electron chi connectivity index (χ3n) is 4.23. The summed E-state index contributed by atoms with van der Waals surface area (Å²) < 4.78 is 28.5. The first-order chi connectivity index (χ1) is 12.3. The highest BCUT2D eigenvalue weighted by atomic mass is 19.1. The van der Waals surface area contributed by atoms with Crippen LogP contribution in [0.3, 0.4) is 0 Å². The van der Waals surface area contributed by atoms with Crippen molar-refractivity contribution in [2.24, 2.45) is 16.5 Å². The van der Waals surface area contributed by atoms with E-state index in [0.717, 1.165) is 17.2 Å². The molecule has 0 atom stereocenters. The Labute approximate surface area is 150 Å². The van der Waals surface area contributed by atoms with Crippen LogP contribution in [0.4, 0.5) is 8.78 Å². The number of nitrogens with zero attached hydrogens (tertiary/aromatic N) is 1. The third kappa shape index (κ3) is 3.96. The molecule has 1 amide bonds. The Kier molecular flexibility index (Phi) is 5.87. The predicted molar refractivity (Wildman–Crippen MR) is 99.7 cm³/mol. The van der Waals surface area contributed by atoms with Crippen LogP contribution in [0.15, 0.2) is 41.4 Å². The van der Waals surface area contributed by atoms with E-state index in [0.29, 0.717) is 10.8 Å². The lowest BCUT2D eigenvalue weighted by molar-refractivity contribution is 0.100. The van der Waals surface area contributed by atoms with Crippen molar-refractivity contribution in [1.29, 1.82) is 0 Å². The van der Waals surface area contributed by atoms with Gasteiger partial charge in [0.05, 0.1) is 0 Å². The standard InChI is InChI=1S/C20H21F2N3O/c1-4-11(2)14-9-8-13(19(26)25-20(23)24)10-15(14)12(3)18-16(21)6-5-7-17(18)22/h5-10H,4H2,1-3H3,(H4,23,24,25,26)/b14-11-,15-12+. The number of guanidine groups is 1. The van der Waals surface area contributed by atoms with Gasteiger partial charge >= 0.3 is 0 Å². The molecule has 136 valence electrons. The summed E-state index contributed by atoms with van der Waals surface area (Å²) in [5.41, 5.74) is 12.0. The molecule has 2 aromatic carbocycles. The van der Waals surface area contributed by atoms with Gasteiger partial charge in [-0.05, 0) is 60.5 Å². The summed E-state index contributed by atoms with van der Waals surface area (Å²) in [6.07, 6.45) is 0.751. The summed E-state index contributed by atoms with van der Waals surface area (Å²) in [6.45, 7) is 5.54. The van der Waals surface area contributed by atoms with Crippen molar-refractivity contribution in [2.45, 2.75) is 27.2 Å². The van der Waals surface area contributed by atoms with Crippen LogP contribution >= 0.6 is 0 Å². The summed E-state index contributed by atoms with van der Waals surface area (Å²) in [6, 6.07) is 8.61. The topological polar surface area (TPSA) is 81.5 Å². The Morgan fingerprint density at radius 3 is 2.19 bits per heavy atom. The van der Waals surface area contributed by atoms with Crippen molar-refractivity contribution in [2.75, 3.05) is 0 Å². The fraction of sp³-hybridized carbons (Fsp3) is 0.200. The zero-order valence-corrected chi connectivity index (χ0v) is 14.9. The van der Waals surface area contributed by atoms with E-state index in [2.05, 4.69) is 4.99 Å². The predicted octanol–water partition coefficient (Wildman–Crippen LogP) is 2.18. The fourth-order valence-electron chi connectivity index (χ4n) is 2.72. The monoisotopic (exact) mass is 357 g/mol. The van der Waals surface area contributed by atoms with Crippen LogP contribution in [-0.4, -0.2) is 11.9 Å². The van der Waals surface area contributed by atoms with E-state index in [1.165, 1.54) is 18.2 Å². The Bertz CT molecular complexity index is 986. The van der Waals surface area contributed by atoms with Gasteiger partial charge in [-0.3, -0.25) is 4.79 Å². The Hall–Kier alpha value is -3.02. The van der Waals surface area contributed by atoms with Gasteiger partial charge in [0, 0.05) is 11.1 Å². The van der Waals surface area contributed by atoms with Gasteiger partial charge in [0.2, 0.25) is 0 Å². The van der Waals surface area contributed by atoms with Gasteiger partial charge < -0.3 is 11.5 Å². The number of hydrogen-bond donors (Lipinski definition) is 2. The molecule has 4 nitrogen and oxygen atoms in total. The Morgan fingerprint density at radius 2 is 1.65 bits per heavy atom. The molecule has 0 aliphatic rings. The van der Waals surface area contributed by atoms with E-state index in [4.69, 9.17) is 11.5 Å². The first-order valence-corrected chi connectivity index (χ1v) is 8.15. The maximum atomic E-state index is 14.2. The largest absolute Gasteiger partial charge is 0.370 e. The molecule has 2 rings (SSSR count). The molecule has 0 saturated carbocycles. The number of nitrogens with two attached hydrogens (primary N) is 2. The van der Waals surface area contributed by atoms with Crippen molar-refractivity contribution in [3.05, 3.63) is 69.6 Å². The molecule has 4 N–H and O–H groups in total. The summed E-state index contributed by atoms with van der Waals surface area (Å²) in [4.78, 5) is 15.7. The molecule has 0 heterocycles. The minimum atomic E-state index is -0.663. The Balaban J connectivity index is 2.92. The molecule has 0 bridgehead atoms. The number of benzene rings is 2. The SMILES string of the molecule is CC/C(C)=c1/ccc(C(=O)N=C(N)N)c/c1=C(/C)c1c(F)cccc1F. The minimum Gasteiger partial charge on any atom is -0.370 e. The lowest BCUT2D eigenvalue weighted by Crippen LogP contribution is -2.30. The third-order valence-corrected chi connectivity index (χ3v) is 4.23. The average Bonchev–Trinajstić information content (AvgIpc) is 2.59. The van der Waals surface area contributed by atoms with Crippen LogP contribution in [0.5, 0.6) is 0 Å². The average molecular weight is 357 g/mol. The van der Waals surface area contributed by atoms with E-state index < -0.39 is 17.5 Å². The second-order valence-corrected chi connectivity index (χ2v) is 5.96. The molecule has 0 fully saturated rings. The van der Waals surface area contributed by atoms with Crippen LogP contribution in [0.1, 0.15) is 43.1 Å². The van der Waals surface area contributed by atoms with Crippen molar-refractivity contribution < 1.29 is 13.6 Å². The Morgan fingerprint density at radius 1 is 1.04 bits per heavy atom. The highest BCUT2D eigenvalue weighted by Crippen LogP contribution is 2.19. The number of carbonyl (C=O) groups excluding carboxylic acids is 1. The molecule has 0 aliphatic carbocycles. The molecule has 0 unspecified atom stereocenters. The maximum absolute atomic E-state index is 14.2. The molecular formula is C20H21F2N3O. The molecule has 0 aromatic heterocycles. The van der Waals surface area contributed by atoms with Crippen molar-refractivity contribution in [3.8, 4) is 0 Å². The van der Waals surface area contributed by atoms with Gasteiger partial charge in [0.25, 0.3) is 5.91 Å². The number of halogens is 2. The molecule has 6 heteroatoms. The number of amides is 1. The highest BCUT2D eigenvalue weighted by molar-refractivity contribution is 6.01. The lowest BCUT2D eigenvalue weighted by Gasteiger charge is -2.08. The molecule has 0 spiro atoms. The number of aliphatic imine (C=N–C) groups is 1. The van der Waals surface area contributed by atoms with Gasteiger partial charge in [0.15, 0.2) is 5.96 Å². The van der Waals surface area contributed by atoms with E-state index in [9.17, 15) is 13.6 Å². The van der Waals surface area contributed by atoms with Crippen molar-refractivity contribution >= 4 is 23.0 Å². The molecule has 0 radical (unpaired) electrons. The van der Waals surface area contributed by atoms with Gasteiger partial charge in [-0.1, -0.05) is 24.6 Å². The van der Waals surface area contributed by atoms with Gasteiger partial charge in [0.1, 0.15) is 11.6 Å². The minimum absolute atomic E-state index is 0.121. The molecule has 26 heavy (non-hydrogen) atoms. The van der Waals surface area contributed by atoms with Gasteiger partial charge in [-0.15, -0.1) is 0 Å². The molecule has 0 saturated heterocycles. The maximum Gasteiger partial charge on any atom is 0.280 e. The number of rotatable bonds is 3. The summed E-state index contributed by atoms with van der Waals surface area (Å²) in [5.74, 6) is -2.29. The van der Waals surface area contributed by atoms with E-state index in [-0.39, 0.29) is 17.1 Å². The summed E-state index contributed by atoms with van der Waals surface area (Å²) in [7, 11) is 0. The first kappa shape index (κ1) is 19.3. The molecule has 0 aliphatic heterocycles. The van der Waals surface area contributed by atoms with Gasteiger partial charge in [-0.25, -0.2) is 8.78 Å². The van der Waals surface area contributed by atoms with E-state index >= 15 is 0 Å². The summed E-state index contributed by atoms with van der Waals surface area (Å²) in [5, 5.41) is 1.37. The van der Waals surface area contributed by atoms with Crippen LogP contribution in [0, 0.1) is 11.6 Å². The summed E-state index contributed by atoms with van der Waals surface area (Å²) >= 11 is 0. The quantitative estimate of drug-likeness (QED) is 0.653. The number of hydrogen-bond acceptors (Lipinski definition) is 1. The van der Waals surface area contributed by atoms with Crippen LogP contribution < -0.4 is 21.9 Å². The molecular weight excluding hydrogens is 336 g/mol. The zero-order valence-electron chi connectivity index (χ0n) is 14.9. The lowest BCUT2D eigenvalue weighted by atomic mass is 9.98. The van der Waals surface area contributed by atoms with Crippen molar-refractivity contribution in [3.63, 3.8) is 0 Å².